The molecule has 1 aromatic rings. The van der Waals surface area contributed by atoms with Gasteiger partial charge in [-0.3, -0.25) is 4.99 Å². The number of nitrogens with zero attached hydrogens (tertiary/aromatic N) is 1. The van der Waals surface area contributed by atoms with E-state index in [4.69, 9.17) is 4.74 Å². The average molecular weight is 229 g/mol. The third-order valence-corrected chi connectivity index (χ3v) is 3.03. The molecule has 1 fully saturated rings. The van der Waals surface area contributed by atoms with Gasteiger partial charge in [0.25, 0.3) is 0 Å². The molecule has 0 heterocycles. The lowest BCUT2D eigenvalue weighted by molar-refractivity contribution is 0.121. The van der Waals surface area contributed by atoms with Gasteiger partial charge in [0.1, 0.15) is 11.4 Å². The molecule has 0 saturated heterocycles. The van der Waals surface area contributed by atoms with Crippen molar-refractivity contribution in [3.63, 3.8) is 0 Å². The molecule has 2 rings (SSSR count). The fraction of sp³-hybridized carbons (Fsp3) is 0.400. The van der Waals surface area contributed by atoms with Crippen molar-refractivity contribution >= 4 is 11.9 Å². The van der Waals surface area contributed by atoms with E-state index in [1.165, 1.54) is 19.3 Å². The molecule has 1 aliphatic rings. The second-order valence-corrected chi connectivity index (χ2v) is 4.40. The monoisotopic (exact) mass is 229 g/mol. The van der Waals surface area contributed by atoms with Gasteiger partial charge in [-0.2, -0.15) is 0 Å². The van der Waals surface area contributed by atoms with Crippen LogP contribution in [0.25, 0.3) is 0 Å². The molecular weight excluding hydrogens is 210 g/mol. The Morgan fingerprint density at radius 2 is 2.18 bits per heavy atom. The number of para-hydroxylation sites is 1. The minimum atomic E-state index is 0.396. The lowest BCUT2D eigenvalue weighted by Crippen LogP contribution is -2.24. The van der Waals surface area contributed by atoms with Crippen molar-refractivity contribution in [2.45, 2.75) is 39.2 Å². The van der Waals surface area contributed by atoms with Crippen LogP contribution >= 0.6 is 0 Å². The van der Waals surface area contributed by atoms with Crippen LogP contribution in [0, 0.1) is 6.92 Å². The van der Waals surface area contributed by atoms with Crippen LogP contribution in [-0.4, -0.2) is 12.3 Å². The summed E-state index contributed by atoms with van der Waals surface area (Å²) < 4.78 is 5.96. The summed E-state index contributed by atoms with van der Waals surface area (Å²) >= 11 is 0. The van der Waals surface area contributed by atoms with E-state index in [-0.39, 0.29) is 0 Å². The molecule has 1 aromatic carbocycles. The average Bonchev–Trinajstić information content (AvgIpc) is 2.27. The van der Waals surface area contributed by atoms with Gasteiger partial charge in [-0.15, -0.1) is 0 Å². The quantitative estimate of drug-likeness (QED) is 0.709. The van der Waals surface area contributed by atoms with Crippen molar-refractivity contribution in [3.05, 3.63) is 35.9 Å². The first-order chi connectivity index (χ1) is 8.31. The lowest BCUT2D eigenvalue weighted by atomic mass is 9.96. The van der Waals surface area contributed by atoms with Gasteiger partial charge in [0.15, 0.2) is 0 Å². The van der Waals surface area contributed by atoms with Gasteiger partial charge in [-0.25, -0.2) is 0 Å². The van der Waals surface area contributed by atoms with Crippen molar-refractivity contribution < 1.29 is 4.74 Å². The molecule has 0 unspecified atom stereocenters. The van der Waals surface area contributed by atoms with Crippen LogP contribution in [0.4, 0.5) is 5.69 Å². The summed E-state index contributed by atoms with van der Waals surface area (Å²) in [5.74, 6) is 0.912. The molecule has 0 amide bonds. The number of ether oxygens (including phenoxy) is 1. The second kappa shape index (κ2) is 5.67. The van der Waals surface area contributed by atoms with E-state index in [1.54, 1.807) is 0 Å². The van der Waals surface area contributed by atoms with Gasteiger partial charge in [0.2, 0.25) is 0 Å². The third kappa shape index (κ3) is 2.96. The molecule has 0 aliphatic heterocycles. The summed E-state index contributed by atoms with van der Waals surface area (Å²) in [7, 11) is 0. The predicted octanol–water partition coefficient (Wildman–Crippen LogP) is 4.20. The maximum Gasteiger partial charge on any atom is 0.145 e. The van der Waals surface area contributed by atoms with Crippen molar-refractivity contribution in [2.75, 3.05) is 0 Å². The number of allylic oxidation sites excluding steroid dienone is 2. The summed E-state index contributed by atoms with van der Waals surface area (Å²) in [5, 5.41) is 0. The van der Waals surface area contributed by atoms with Crippen molar-refractivity contribution in [2.24, 2.45) is 4.99 Å². The molecule has 17 heavy (non-hydrogen) atoms. The summed E-state index contributed by atoms with van der Waals surface area (Å²) in [4.78, 5) is 4.47. The van der Waals surface area contributed by atoms with Crippen LogP contribution in [0.15, 0.2) is 35.3 Å². The van der Waals surface area contributed by atoms with E-state index >= 15 is 0 Å². The fourth-order valence-corrected chi connectivity index (χ4v) is 1.76. The van der Waals surface area contributed by atoms with E-state index < -0.39 is 0 Å². The van der Waals surface area contributed by atoms with Crippen LogP contribution in [0.1, 0.15) is 31.7 Å². The third-order valence-electron chi connectivity index (χ3n) is 3.03. The van der Waals surface area contributed by atoms with Crippen LogP contribution in [0.2, 0.25) is 0 Å². The Morgan fingerprint density at radius 1 is 1.35 bits per heavy atom. The molecule has 0 bridgehead atoms. The minimum absolute atomic E-state index is 0.396. The van der Waals surface area contributed by atoms with Crippen LogP contribution < -0.4 is 4.74 Å². The Morgan fingerprint density at radius 3 is 2.82 bits per heavy atom. The van der Waals surface area contributed by atoms with Gasteiger partial charge in [0, 0.05) is 6.21 Å². The largest absolute Gasteiger partial charge is 0.488 e. The molecule has 90 valence electrons. The number of rotatable bonds is 4. The SMILES string of the molecule is C/C=C/C=N\c1c(C)cccc1OC1CCC1. The van der Waals surface area contributed by atoms with E-state index in [9.17, 15) is 0 Å². The summed E-state index contributed by atoms with van der Waals surface area (Å²) in [5.41, 5.74) is 2.11. The summed E-state index contributed by atoms with van der Waals surface area (Å²) in [6, 6.07) is 6.10. The van der Waals surface area contributed by atoms with E-state index in [0.717, 1.165) is 17.0 Å². The molecule has 0 atom stereocenters. The number of hydrogen-bond donors (Lipinski definition) is 0. The lowest BCUT2D eigenvalue weighted by Gasteiger charge is -2.27. The number of aliphatic imine (C=N–C) groups is 1. The predicted molar refractivity (Wildman–Crippen MR) is 72.4 cm³/mol. The fourth-order valence-electron chi connectivity index (χ4n) is 1.76. The smallest absolute Gasteiger partial charge is 0.145 e. The zero-order valence-electron chi connectivity index (χ0n) is 10.5. The van der Waals surface area contributed by atoms with Crippen LogP contribution in [0.3, 0.4) is 0 Å². The molecule has 0 N–H and O–H groups in total. The number of benzene rings is 1. The highest BCUT2D eigenvalue weighted by molar-refractivity contribution is 5.76. The first kappa shape index (κ1) is 11.9. The summed E-state index contributed by atoms with van der Waals surface area (Å²) in [6.45, 7) is 4.05. The van der Waals surface area contributed by atoms with E-state index in [0.29, 0.717) is 6.10 Å². The number of aryl methyl sites for hydroxylation is 1. The Bertz CT molecular complexity index is 431. The zero-order valence-corrected chi connectivity index (χ0v) is 10.5. The van der Waals surface area contributed by atoms with Crippen LogP contribution in [-0.2, 0) is 0 Å². The number of hydrogen-bond acceptors (Lipinski definition) is 2. The van der Waals surface area contributed by atoms with Gasteiger partial charge in [-0.05, 0) is 50.8 Å². The highest BCUT2D eigenvalue weighted by Crippen LogP contribution is 2.34. The minimum Gasteiger partial charge on any atom is -0.488 e. The zero-order chi connectivity index (χ0) is 12.1. The van der Waals surface area contributed by atoms with E-state index in [1.807, 2.05) is 37.4 Å². The molecule has 0 aromatic heterocycles. The molecule has 1 saturated carbocycles. The highest BCUT2D eigenvalue weighted by Gasteiger charge is 2.20. The van der Waals surface area contributed by atoms with Gasteiger partial charge in [0.05, 0.1) is 6.10 Å². The topological polar surface area (TPSA) is 21.6 Å². The van der Waals surface area contributed by atoms with Crippen molar-refractivity contribution in [3.8, 4) is 5.75 Å². The Hall–Kier alpha value is -1.57. The Kier molecular flexibility index (Phi) is 3.97. The standard InChI is InChI=1S/C15H19NO/c1-3-4-11-16-15-12(2)7-5-10-14(15)17-13-8-6-9-13/h3-5,7,10-11,13H,6,8-9H2,1-2H3/b4-3+,16-11-. The van der Waals surface area contributed by atoms with Crippen LogP contribution in [0.5, 0.6) is 5.75 Å². The molecule has 0 radical (unpaired) electrons. The molecule has 2 nitrogen and oxygen atoms in total. The highest BCUT2D eigenvalue weighted by atomic mass is 16.5. The van der Waals surface area contributed by atoms with Gasteiger partial charge < -0.3 is 4.74 Å². The Labute approximate surface area is 103 Å². The van der Waals surface area contributed by atoms with Crippen molar-refractivity contribution in [1.82, 2.24) is 0 Å². The maximum atomic E-state index is 5.96. The second-order valence-electron chi connectivity index (χ2n) is 4.40. The Balaban J connectivity index is 2.20. The molecule has 0 spiro atoms. The maximum absolute atomic E-state index is 5.96. The van der Waals surface area contributed by atoms with E-state index in [2.05, 4.69) is 18.0 Å². The summed E-state index contributed by atoms with van der Waals surface area (Å²) in [6.07, 6.45) is 9.74. The normalized spacial score (nSPS) is 16.6. The van der Waals surface area contributed by atoms with Crippen molar-refractivity contribution in [1.29, 1.82) is 0 Å². The first-order valence-electron chi connectivity index (χ1n) is 6.23. The molecular formula is C15H19NO. The molecule has 1 aliphatic carbocycles. The van der Waals surface area contributed by atoms with Gasteiger partial charge >= 0.3 is 0 Å². The molecule has 2 heteroatoms. The first-order valence-corrected chi connectivity index (χ1v) is 6.23. The van der Waals surface area contributed by atoms with Gasteiger partial charge in [-0.1, -0.05) is 18.2 Å².